The first-order valence-electron chi connectivity index (χ1n) is 7.53. The summed E-state index contributed by atoms with van der Waals surface area (Å²) in [7, 11) is 0. The SMILES string of the molecule is O=C(c1ccc(Cl)o1)N1CCC(C(O)c2ccc(F)cc2)CC1. The summed E-state index contributed by atoms with van der Waals surface area (Å²) in [4.78, 5) is 14.0. The van der Waals surface area contributed by atoms with Gasteiger partial charge in [0.05, 0.1) is 6.10 Å². The molecule has 0 radical (unpaired) electrons. The zero-order chi connectivity index (χ0) is 16.4. The van der Waals surface area contributed by atoms with Gasteiger partial charge in [0, 0.05) is 13.1 Å². The first-order chi connectivity index (χ1) is 11.0. The van der Waals surface area contributed by atoms with E-state index in [1.54, 1.807) is 29.2 Å². The summed E-state index contributed by atoms with van der Waals surface area (Å²) >= 11 is 5.69. The monoisotopic (exact) mass is 337 g/mol. The average Bonchev–Trinajstić information content (AvgIpc) is 3.01. The molecule has 0 spiro atoms. The van der Waals surface area contributed by atoms with Gasteiger partial charge in [0.2, 0.25) is 0 Å². The van der Waals surface area contributed by atoms with Crippen LogP contribution in [-0.4, -0.2) is 29.0 Å². The van der Waals surface area contributed by atoms with E-state index in [1.165, 1.54) is 12.1 Å². The summed E-state index contributed by atoms with van der Waals surface area (Å²) in [6.07, 6.45) is 0.711. The smallest absolute Gasteiger partial charge is 0.289 e. The van der Waals surface area contributed by atoms with Crippen molar-refractivity contribution in [3.05, 3.63) is 58.8 Å². The molecule has 0 aliphatic carbocycles. The molecule has 122 valence electrons. The molecule has 2 heterocycles. The Morgan fingerprint density at radius 1 is 1.22 bits per heavy atom. The number of aliphatic hydroxyl groups excluding tert-OH is 1. The molecule has 4 nitrogen and oxygen atoms in total. The van der Waals surface area contributed by atoms with Crippen LogP contribution in [0.25, 0.3) is 0 Å². The van der Waals surface area contributed by atoms with Crippen LogP contribution in [-0.2, 0) is 0 Å². The highest BCUT2D eigenvalue weighted by Crippen LogP contribution is 2.31. The van der Waals surface area contributed by atoms with Gasteiger partial charge < -0.3 is 14.4 Å². The molecule has 0 bridgehead atoms. The lowest BCUT2D eigenvalue weighted by atomic mass is 9.87. The maximum atomic E-state index is 13.0. The Morgan fingerprint density at radius 3 is 2.43 bits per heavy atom. The molecular weight excluding hydrogens is 321 g/mol. The van der Waals surface area contributed by atoms with Crippen LogP contribution in [0.5, 0.6) is 0 Å². The second kappa shape index (κ2) is 6.72. The number of benzene rings is 1. The number of hydrogen-bond donors (Lipinski definition) is 1. The zero-order valence-electron chi connectivity index (χ0n) is 12.4. The fraction of sp³-hybridized carbons (Fsp3) is 0.353. The van der Waals surface area contributed by atoms with Crippen LogP contribution in [0.2, 0.25) is 5.22 Å². The van der Waals surface area contributed by atoms with E-state index in [2.05, 4.69) is 0 Å². The van der Waals surface area contributed by atoms with Gasteiger partial charge in [0.1, 0.15) is 5.82 Å². The van der Waals surface area contributed by atoms with Crippen molar-refractivity contribution in [1.29, 1.82) is 0 Å². The molecule has 6 heteroatoms. The van der Waals surface area contributed by atoms with E-state index >= 15 is 0 Å². The topological polar surface area (TPSA) is 53.7 Å². The van der Waals surface area contributed by atoms with Crippen molar-refractivity contribution in [3.63, 3.8) is 0 Å². The Labute approximate surface area is 138 Å². The van der Waals surface area contributed by atoms with Crippen molar-refractivity contribution in [2.24, 2.45) is 5.92 Å². The fourth-order valence-corrected chi connectivity index (χ4v) is 3.08. The predicted octanol–water partition coefficient (Wildman–Crippen LogP) is 3.66. The molecule has 1 aromatic carbocycles. The summed E-state index contributed by atoms with van der Waals surface area (Å²) in [6, 6.07) is 8.99. The predicted molar refractivity (Wildman–Crippen MR) is 83.7 cm³/mol. The van der Waals surface area contributed by atoms with Crippen LogP contribution in [0, 0.1) is 11.7 Å². The molecule has 1 atom stereocenters. The van der Waals surface area contributed by atoms with Crippen LogP contribution < -0.4 is 0 Å². The summed E-state index contributed by atoms with van der Waals surface area (Å²) < 4.78 is 18.1. The third-order valence-corrected chi connectivity index (χ3v) is 4.47. The van der Waals surface area contributed by atoms with Crippen LogP contribution in [0.4, 0.5) is 4.39 Å². The molecule has 1 amide bonds. The van der Waals surface area contributed by atoms with Crippen LogP contribution in [0.15, 0.2) is 40.8 Å². The van der Waals surface area contributed by atoms with Gasteiger partial charge in [-0.15, -0.1) is 0 Å². The minimum Gasteiger partial charge on any atom is -0.440 e. The second-order valence-corrected chi connectivity index (χ2v) is 6.10. The normalized spacial score (nSPS) is 17.3. The number of carbonyl (C=O) groups excluding carboxylic acids is 1. The number of carbonyl (C=O) groups is 1. The minimum atomic E-state index is -0.647. The highest BCUT2D eigenvalue weighted by Gasteiger charge is 2.29. The standard InChI is InChI=1S/C17H17ClFNO3/c18-15-6-5-14(23-15)17(22)20-9-7-12(8-10-20)16(21)11-1-3-13(19)4-2-11/h1-6,12,16,21H,7-10H2. The lowest BCUT2D eigenvalue weighted by Gasteiger charge is -2.34. The molecule has 1 saturated heterocycles. The summed E-state index contributed by atoms with van der Waals surface area (Å²) in [5.74, 6) is -0.234. The Bertz CT molecular complexity index is 677. The van der Waals surface area contributed by atoms with Gasteiger partial charge in [-0.3, -0.25) is 4.79 Å². The number of halogens is 2. The molecule has 2 aromatic rings. The number of aliphatic hydroxyl groups is 1. The van der Waals surface area contributed by atoms with Gasteiger partial charge in [-0.1, -0.05) is 12.1 Å². The van der Waals surface area contributed by atoms with Crippen LogP contribution >= 0.6 is 11.6 Å². The second-order valence-electron chi connectivity index (χ2n) is 5.73. The van der Waals surface area contributed by atoms with E-state index < -0.39 is 6.10 Å². The Morgan fingerprint density at radius 2 is 1.87 bits per heavy atom. The Balaban J connectivity index is 1.59. The summed E-state index contributed by atoms with van der Waals surface area (Å²) in [5, 5.41) is 10.6. The van der Waals surface area contributed by atoms with Crippen LogP contribution in [0.3, 0.4) is 0 Å². The molecular formula is C17H17ClFNO3. The van der Waals surface area contributed by atoms with E-state index in [9.17, 15) is 14.3 Å². The van der Waals surface area contributed by atoms with Gasteiger partial charge in [-0.25, -0.2) is 4.39 Å². The Hall–Kier alpha value is -1.85. The molecule has 1 aromatic heterocycles. The lowest BCUT2D eigenvalue weighted by molar-refractivity contribution is 0.0442. The first-order valence-corrected chi connectivity index (χ1v) is 7.90. The minimum absolute atomic E-state index is 0.0460. The number of piperidine rings is 1. The van der Waals surface area contributed by atoms with Gasteiger partial charge in [-0.2, -0.15) is 0 Å². The highest BCUT2D eigenvalue weighted by atomic mass is 35.5. The van der Waals surface area contributed by atoms with Crippen molar-refractivity contribution in [2.45, 2.75) is 18.9 Å². The molecule has 23 heavy (non-hydrogen) atoms. The van der Waals surface area contributed by atoms with Gasteiger partial charge in [0.25, 0.3) is 5.91 Å². The number of likely N-dealkylation sites (tertiary alicyclic amines) is 1. The van der Waals surface area contributed by atoms with E-state index in [1.807, 2.05) is 0 Å². The third-order valence-electron chi connectivity index (χ3n) is 4.27. The maximum Gasteiger partial charge on any atom is 0.289 e. The number of rotatable bonds is 3. The Kier molecular flexibility index (Phi) is 4.68. The van der Waals surface area contributed by atoms with Crippen molar-refractivity contribution in [3.8, 4) is 0 Å². The number of amides is 1. The van der Waals surface area contributed by atoms with Crippen molar-refractivity contribution in [2.75, 3.05) is 13.1 Å². The van der Waals surface area contributed by atoms with Crippen molar-refractivity contribution in [1.82, 2.24) is 4.90 Å². The number of nitrogens with zero attached hydrogens (tertiary/aromatic N) is 1. The largest absolute Gasteiger partial charge is 0.440 e. The first kappa shape index (κ1) is 16.0. The number of furan rings is 1. The molecule has 1 unspecified atom stereocenters. The third kappa shape index (κ3) is 3.57. The zero-order valence-corrected chi connectivity index (χ0v) is 13.2. The molecule has 3 rings (SSSR count). The molecule has 1 N–H and O–H groups in total. The lowest BCUT2D eigenvalue weighted by Crippen LogP contribution is -2.39. The van der Waals surface area contributed by atoms with Crippen molar-refractivity contribution < 1.29 is 18.7 Å². The van der Waals surface area contributed by atoms with E-state index in [4.69, 9.17) is 16.0 Å². The molecule has 1 fully saturated rings. The quantitative estimate of drug-likeness (QED) is 0.930. The van der Waals surface area contributed by atoms with Gasteiger partial charge in [-0.05, 0) is 60.2 Å². The highest BCUT2D eigenvalue weighted by molar-refractivity contribution is 6.29. The molecule has 1 aliphatic heterocycles. The van der Waals surface area contributed by atoms with Gasteiger partial charge >= 0.3 is 0 Å². The van der Waals surface area contributed by atoms with E-state index in [0.717, 1.165) is 0 Å². The summed E-state index contributed by atoms with van der Waals surface area (Å²) in [5.41, 5.74) is 0.703. The molecule has 0 saturated carbocycles. The maximum absolute atomic E-state index is 13.0. The van der Waals surface area contributed by atoms with E-state index in [-0.39, 0.29) is 28.6 Å². The van der Waals surface area contributed by atoms with Crippen LogP contribution in [0.1, 0.15) is 35.1 Å². The van der Waals surface area contributed by atoms with Crippen molar-refractivity contribution >= 4 is 17.5 Å². The summed E-state index contributed by atoms with van der Waals surface area (Å²) in [6.45, 7) is 1.08. The molecule has 1 aliphatic rings. The average molecular weight is 338 g/mol. The number of hydrogen-bond acceptors (Lipinski definition) is 3. The fourth-order valence-electron chi connectivity index (χ4n) is 2.94. The van der Waals surface area contributed by atoms with E-state index in [0.29, 0.717) is 31.5 Å². The van der Waals surface area contributed by atoms with Gasteiger partial charge in [0.15, 0.2) is 11.0 Å².